The lowest BCUT2D eigenvalue weighted by Gasteiger charge is -2.10. The summed E-state index contributed by atoms with van der Waals surface area (Å²) in [5.41, 5.74) is 3.18. The van der Waals surface area contributed by atoms with Crippen LogP contribution in [-0.2, 0) is 16.6 Å². The Balaban J connectivity index is 1.42. The second-order valence-electron chi connectivity index (χ2n) is 8.46. The molecular weight excluding hydrogens is 474 g/mol. The van der Waals surface area contributed by atoms with Gasteiger partial charge >= 0.3 is 0 Å². The zero-order chi connectivity index (χ0) is 25.0. The molecule has 2 N–H and O–H groups in total. The smallest absolute Gasteiger partial charge is 0.262 e. The topological polar surface area (TPSA) is 105 Å². The zero-order valence-corrected chi connectivity index (χ0v) is 20.3. The zero-order valence-electron chi connectivity index (χ0n) is 19.5. The van der Waals surface area contributed by atoms with Crippen molar-refractivity contribution in [2.45, 2.75) is 24.3 Å². The van der Waals surface area contributed by atoms with Crippen molar-refractivity contribution >= 4 is 27.5 Å². The van der Waals surface area contributed by atoms with Crippen LogP contribution in [0.3, 0.4) is 0 Å². The molecule has 0 saturated heterocycles. The Morgan fingerprint density at radius 3 is 2.42 bits per heavy atom. The van der Waals surface area contributed by atoms with Crippen molar-refractivity contribution in [1.82, 2.24) is 14.5 Å². The van der Waals surface area contributed by atoms with Crippen molar-refractivity contribution in [3.05, 3.63) is 102 Å². The van der Waals surface area contributed by atoms with Crippen LogP contribution in [0.2, 0.25) is 0 Å². The molecular formula is C27H25N5O3S. The number of rotatable bonds is 7. The number of amides is 1. The Bertz CT molecular complexity index is 1510. The molecule has 1 aliphatic heterocycles. The van der Waals surface area contributed by atoms with Crippen LogP contribution in [0.5, 0.6) is 0 Å². The third kappa shape index (κ3) is 5.36. The summed E-state index contributed by atoms with van der Waals surface area (Å²) in [6, 6.07) is 25.5. The van der Waals surface area contributed by atoms with E-state index in [0.717, 1.165) is 17.5 Å². The molecule has 0 bridgehead atoms. The summed E-state index contributed by atoms with van der Waals surface area (Å²) in [6.45, 7) is 1.13. The van der Waals surface area contributed by atoms with Crippen LogP contribution in [0.1, 0.15) is 28.8 Å². The molecule has 0 aliphatic carbocycles. The Hall–Kier alpha value is -4.24. The maximum atomic E-state index is 13.4. The van der Waals surface area contributed by atoms with Gasteiger partial charge in [0, 0.05) is 30.4 Å². The van der Waals surface area contributed by atoms with Crippen molar-refractivity contribution in [3.8, 4) is 11.3 Å². The summed E-state index contributed by atoms with van der Waals surface area (Å²) in [7, 11) is -3.80. The van der Waals surface area contributed by atoms with E-state index in [1.807, 2.05) is 60.7 Å². The van der Waals surface area contributed by atoms with Gasteiger partial charge in [-0.2, -0.15) is 5.10 Å². The first-order valence-corrected chi connectivity index (χ1v) is 13.1. The molecule has 8 nitrogen and oxygen atoms in total. The van der Waals surface area contributed by atoms with Gasteiger partial charge in [-0.15, -0.1) is 0 Å². The average Bonchev–Trinajstić information content (AvgIpc) is 3.55. The van der Waals surface area contributed by atoms with Crippen molar-refractivity contribution in [2.24, 2.45) is 4.99 Å². The highest BCUT2D eigenvalue weighted by Crippen LogP contribution is 2.24. The third-order valence-electron chi connectivity index (χ3n) is 5.77. The van der Waals surface area contributed by atoms with E-state index in [2.05, 4.69) is 20.1 Å². The number of nitrogens with zero attached hydrogens (tertiary/aromatic N) is 3. The Kier molecular flexibility index (Phi) is 6.64. The number of carbonyl (C=O) groups excluding carboxylic acids is 1. The number of hydrogen-bond acceptors (Lipinski definition) is 5. The highest BCUT2D eigenvalue weighted by molar-refractivity contribution is 7.90. The summed E-state index contributed by atoms with van der Waals surface area (Å²) in [6.07, 6.45) is 3.14. The normalized spacial score (nSPS) is 13.3. The highest BCUT2D eigenvalue weighted by atomic mass is 32.2. The van der Waals surface area contributed by atoms with E-state index in [0.29, 0.717) is 42.3 Å². The van der Waals surface area contributed by atoms with Gasteiger partial charge in [-0.3, -0.25) is 19.2 Å². The van der Waals surface area contributed by atoms with Crippen molar-refractivity contribution in [3.63, 3.8) is 0 Å². The fraction of sp³-hybridized carbons (Fsp3) is 0.148. The van der Waals surface area contributed by atoms with E-state index < -0.39 is 10.0 Å². The number of benzene rings is 3. The summed E-state index contributed by atoms with van der Waals surface area (Å²) in [5, 5.41) is 7.53. The molecule has 0 fully saturated rings. The first-order valence-electron chi connectivity index (χ1n) is 11.6. The number of amidine groups is 1. The van der Waals surface area contributed by atoms with Crippen LogP contribution in [0.25, 0.3) is 11.3 Å². The van der Waals surface area contributed by atoms with E-state index in [1.54, 1.807) is 23.0 Å². The predicted octanol–water partition coefficient (Wildman–Crippen LogP) is 4.32. The largest absolute Gasteiger partial charge is 0.322 e. The molecule has 1 aliphatic rings. The van der Waals surface area contributed by atoms with Gasteiger partial charge in [0.25, 0.3) is 15.9 Å². The average molecular weight is 500 g/mol. The van der Waals surface area contributed by atoms with E-state index in [1.165, 1.54) is 12.1 Å². The Morgan fingerprint density at radius 1 is 0.944 bits per heavy atom. The lowest BCUT2D eigenvalue weighted by molar-refractivity contribution is 0.102. The molecule has 0 spiro atoms. The van der Waals surface area contributed by atoms with Gasteiger partial charge in [-0.05, 0) is 30.2 Å². The molecule has 0 atom stereocenters. The Morgan fingerprint density at radius 2 is 1.69 bits per heavy atom. The fourth-order valence-corrected chi connectivity index (χ4v) is 5.16. The molecule has 1 amide bonds. The number of anilines is 1. The maximum Gasteiger partial charge on any atom is 0.262 e. The number of sulfonamides is 1. The maximum absolute atomic E-state index is 13.4. The third-order valence-corrected chi connectivity index (χ3v) is 7.15. The minimum absolute atomic E-state index is 0.0537. The second-order valence-corrected chi connectivity index (χ2v) is 10.1. The SMILES string of the molecule is O=C(Nc1cccc(S(=O)(=O)NC2=NCCC2)c1)c1cn(Cc2ccccc2)nc1-c1ccccc1. The van der Waals surface area contributed by atoms with Crippen molar-refractivity contribution in [1.29, 1.82) is 0 Å². The number of carbonyl (C=O) groups is 1. The van der Waals surface area contributed by atoms with Gasteiger partial charge in [0.05, 0.1) is 17.0 Å². The lowest BCUT2D eigenvalue weighted by atomic mass is 10.1. The van der Waals surface area contributed by atoms with Crippen LogP contribution in [0.15, 0.2) is 101 Å². The molecule has 0 saturated carbocycles. The number of hydrogen-bond donors (Lipinski definition) is 2. The van der Waals surface area contributed by atoms with Gasteiger partial charge in [-0.1, -0.05) is 66.7 Å². The van der Waals surface area contributed by atoms with Crippen molar-refractivity contribution in [2.75, 3.05) is 11.9 Å². The lowest BCUT2D eigenvalue weighted by Crippen LogP contribution is -2.29. The monoisotopic (exact) mass is 499 g/mol. The van der Waals surface area contributed by atoms with Gasteiger partial charge in [0.1, 0.15) is 11.5 Å². The van der Waals surface area contributed by atoms with Gasteiger partial charge in [0.2, 0.25) is 0 Å². The highest BCUT2D eigenvalue weighted by Gasteiger charge is 2.21. The Labute approximate surface area is 209 Å². The molecule has 36 heavy (non-hydrogen) atoms. The van der Waals surface area contributed by atoms with E-state index in [-0.39, 0.29) is 10.8 Å². The standard InChI is InChI=1S/C27H25N5O3S/c33-27(29-22-13-7-14-23(17-22)36(34,35)31-25-15-8-16-28-25)24-19-32(18-20-9-3-1-4-10-20)30-26(24)21-11-5-2-6-12-21/h1-7,9-14,17,19H,8,15-16,18H2,(H,28,31)(H,29,33). The number of aromatic nitrogens is 2. The predicted molar refractivity (Wildman–Crippen MR) is 139 cm³/mol. The number of aliphatic imine (C=N–C) groups is 1. The summed E-state index contributed by atoms with van der Waals surface area (Å²) >= 11 is 0. The molecule has 3 aromatic carbocycles. The van der Waals surface area contributed by atoms with E-state index in [4.69, 9.17) is 0 Å². The van der Waals surface area contributed by atoms with Gasteiger partial charge < -0.3 is 5.32 Å². The van der Waals surface area contributed by atoms with E-state index >= 15 is 0 Å². The first kappa shape index (κ1) is 23.5. The van der Waals surface area contributed by atoms with Crippen LogP contribution in [-0.4, -0.2) is 36.5 Å². The van der Waals surface area contributed by atoms with Gasteiger partial charge in [0.15, 0.2) is 0 Å². The molecule has 0 unspecified atom stereocenters. The second kappa shape index (κ2) is 10.2. The quantitative estimate of drug-likeness (QED) is 0.395. The summed E-state index contributed by atoms with van der Waals surface area (Å²) in [5.74, 6) is 0.0820. The van der Waals surface area contributed by atoms with E-state index in [9.17, 15) is 13.2 Å². The van der Waals surface area contributed by atoms with Crippen LogP contribution >= 0.6 is 0 Å². The minimum Gasteiger partial charge on any atom is -0.322 e. The number of nitrogens with one attached hydrogen (secondary N) is 2. The molecule has 4 aromatic rings. The summed E-state index contributed by atoms with van der Waals surface area (Å²) < 4.78 is 29.9. The molecule has 1 aromatic heterocycles. The molecule has 0 radical (unpaired) electrons. The molecule has 5 rings (SSSR count). The van der Waals surface area contributed by atoms with Crippen LogP contribution in [0.4, 0.5) is 5.69 Å². The van der Waals surface area contributed by atoms with Crippen molar-refractivity contribution < 1.29 is 13.2 Å². The van der Waals surface area contributed by atoms with Gasteiger partial charge in [-0.25, -0.2) is 8.42 Å². The minimum atomic E-state index is -3.80. The molecule has 9 heteroatoms. The molecule has 2 heterocycles. The van der Waals surface area contributed by atoms with Crippen LogP contribution in [0, 0.1) is 0 Å². The summed E-state index contributed by atoms with van der Waals surface area (Å²) in [4.78, 5) is 17.6. The van der Waals surface area contributed by atoms with Crippen LogP contribution < -0.4 is 10.0 Å². The first-order chi connectivity index (χ1) is 17.5. The molecule has 182 valence electrons. The fourth-order valence-electron chi connectivity index (χ4n) is 4.02.